The van der Waals surface area contributed by atoms with Crippen molar-refractivity contribution in [1.82, 2.24) is 25.1 Å². The van der Waals surface area contributed by atoms with E-state index in [0.29, 0.717) is 29.3 Å². The van der Waals surface area contributed by atoms with Gasteiger partial charge in [0.15, 0.2) is 17.2 Å². The summed E-state index contributed by atoms with van der Waals surface area (Å²) in [5, 5.41) is 23.9. The maximum absolute atomic E-state index is 8.83. The fourth-order valence-corrected chi connectivity index (χ4v) is 3.22. The number of hydrogen-bond acceptors (Lipinski definition) is 8. The third-order valence-corrected chi connectivity index (χ3v) is 5.20. The van der Waals surface area contributed by atoms with Gasteiger partial charge in [0.05, 0.1) is 18.1 Å². The quantitative estimate of drug-likeness (QED) is 0.694. The highest BCUT2D eigenvalue weighted by Gasteiger charge is 2.34. The molecule has 0 amide bonds. The van der Waals surface area contributed by atoms with Crippen molar-refractivity contribution in [1.29, 1.82) is 5.26 Å². The second-order valence-corrected chi connectivity index (χ2v) is 8.02. The van der Waals surface area contributed by atoms with Crippen LogP contribution in [0, 0.1) is 23.8 Å². The van der Waals surface area contributed by atoms with Crippen LogP contribution >= 0.6 is 0 Å². The molecule has 1 saturated carbocycles. The van der Waals surface area contributed by atoms with E-state index in [9.17, 15) is 0 Å². The lowest BCUT2D eigenvalue weighted by Gasteiger charge is -2.40. The highest BCUT2D eigenvalue weighted by molar-refractivity contribution is 5.61. The Morgan fingerprint density at radius 3 is 2.59 bits per heavy atom. The van der Waals surface area contributed by atoms with E-state index in [0.717, 1.165) is 25.1 Å². The molecule has 29 heavy (non-hydrogen) atoms. The highest BCUT2D eigenvalue weighted by Crippen LogP contribution is 2.34. The van der Waals surface area contributed by atoms with Crippen LogP contribution in [0.5, 0.6) is 0 Å². The van der Waals surface area contributed by atoms with Gasteiger partial charge in [0.25, 0.3) is 5.54 Å². The van der Waals surface area contributed by atoms with Gasteiger partial charge in [0.2, 0.25) is 0 Å². The third-order valence-electron chi connectivity index (χ3n) is 5.20. The molecule has 3 rings (SSSR count). The Kier molecular flexibility index (Phi) is 5.90. The summed E-state index contributed by atoms with van der Waals surface area (Å²) in [7, 11) is 4.23. The minimum absolute atomic E-state index is 0.245. The lowest BCUT2D eigenvalue weighted by molar-refractivity contribution is 0.131. The Morgan fingerprint density at radius 1 is 1.24 bits per heavy atom. The van der Waals surface area contributed by atoms with Gasteiger partial charge in [0, 0.05) is 32.5 Å². The van der Waals surface area contributed by atoms with E-state index in [4.69, 9.17) is 11.8 Å². The molecular formula is C20H25N9. The third kappa shape index (κ3) is 4.76. The molecule has 2 heterocycles. The largest absolute Gasteiger partial charge is 0.383 e. The first-order chi connectivity index (χ1) is 13.8. The van der Waals surface area contributed by atoms with Gasteiger partial charge in [-0.1, -0.05) is 0 Å². The molecule has 150 valence electrons. The zero-order valence-corrected chi connectivity index (χ0v) is 17.1. The molecule has 9 nitrogen and oxygen atoms in total. The minimum atomic E-state index is -0.784. The number of nitriles is 1. The van der Waals surface area contributed by atoms with Gasteiger partial charge >= 0.3 is 0 Å². The van der Waals surface area contributed by atoms with Crippen molar-refractivity contribution >= 4 is 17.3 Å². The molecule has 2 aromatic rings. The lowest BCUT2D eigenvalue weighted by atomic mass is 9.79. The van der Waals surface area contributed by atoms with Crippen LogP contribution in [0.2, 0.25) is 0 Å². The van der Waals surface area contributed by atoms with Crippen molar-refractivity contribution < 1.29 is 0 Å². The maximum Gasteiger partial charge on any atom is 0.272 e. The van der Waals surface area contributed by atoms with E-state index in [-0.39, 0.29) is 5.69 Å². The zero-order chi connectivity index (χ0) is 21.0. The predicted octanol–water partition coefficient (Wildman–Crippen LogP) is 2.79. The first kappa shape index (κ1) is 20.4. The summed E-state index contributed by atoms with van der Waals surface area (Å²) >= 11 is 0. The van der Waals surface area contributed by atoms with E-state index in [1.807, 2.05) is 26.0 Å². The summed E-state index contributed by atoms with van der Waals surface area (Å²) in [5.74, 6) is 1.56. The summed E-state index contributed by atoms with van der Waals surface area (Å²) in [6, 6.07) is 4.42. The Morgan fingerprint density at radius 2 is 2.00 bits per heavy atom. The molecule has 0 saturated heterocycles. The molecule has 2 N–H and O–H groups in total. The summed E-state index contributed by atoms with van der Waals surface area (Å²) in [6.45, 7) is 12.0. The molecule has 0 aromatic carbocycles. The molecule has 2 aromatic heterocycles. The van der Waals surface area contributed by atoms with Crippen LogP contribution < -0.4 is 10.6 Å². The second-order valence-electron chi connectivity index (χ2n) is 8.02. The molecule has 1 aliphatic rings. The number of hydrogen-bond donors (Lipinski definition) is 2. The van der Waals surface area contributed by atoms with E-state index < -0.39 is 5.54 Å². The number of aromatic nitrogens is 4. The summed E-state index contributed by atoms with van der Waals surface area (Å²) < 4.78 is 0. The molecule has 9 heteroatoms. The fourth-order valence-electron chi connectivity index (χ4n) is 3.22. The Labute approximate surface area is 171 Å². The first-order valence-electron chi connectivity index (χ1n) is 9.48. The molecule has 0 aliphatic heterocycles. The van der Waals surface area contributed by atoms with Gasteiger partial charge < -0.3 is 20.4 Å². The van der Waals surface area contributed by atoms with Crippen LogP contribution in [0.1, 0.15) is 38.1 Å². The standard InChI is InChI=1S/C20H25N9/c1-20(2,22-3)19-16(24-10-13-6-15(7-13)29(4)5)8-17(27-28-19)26-18-12-23-14(9-21)11-25-18/h8,11-13,15H,6-7,10H2,1-2,4-5H3,(H2,24,25,26,27). The van der Waals surface area contributed by atoms with Gasteiger partial charge in [0.1, 0.15) is 11.9 Å². The SMILES string of the molecule is [C-]#[N+]C(C)(C)c1nnc(Nc2cnc(C#N)cn2)cc1NCC1CC(N(C)C)C1. The minimum Gasteiger partial charge on any atom is -0.383 e. The van der Waals surface area contributed by atoms with Crippen molar-refractivity contribution in [2.45, 2.75) is 38.3 Å². The van der Waals surface area contributed by atoms with Crippen LogP contribution in [-0.2, 0) is 5.54 Å². The normalized spacial score (nSPS) is 18.4. The number of nitrogens with zero attached hydrogens (tertiary/aromatic N) is 7. The highest BCUT2D eigenvalue weighted by atomic mass is 15.2. The van der Waals surface area contributed by atoms with Crippen molar-refractivity contribution in [2.75, 3.05) is 31.3 Å². The smallest absolute Gasteiger partial charge is 0.272 e. The van der Waals surface area contributed by atoms with Gasteiger partial charge in [-0.2, -0.15) is 5.26 Å². The van der Waals surface area contributed by atoms with Gasteiger partial charge in [-0.3, -0.25) is 0 Å². The summed E-state index contributed by atoms with van der Waals surface area (Å²) in [6.07, 6.45) is 5.18. The number of nitrogens with one attached hydrogen (secondary N) is 2. The molecule has 0 bridgehead atoms. The van der Waals surface area contributed by atoms with E-state index >= 15 is 0 Å². The van der Waals surface area contributed by atoms with E-state index in [2.05, 4.69) is 54.6 Å². The maximum atomic E-state index is 8.83. The fraction of sp³-hybridized carbons (Fsp3) is 0.500. The van der Waals surface area contributed by atoms with Crippen LogP contribution in [0.4, 0.5) is 17.3 Å². The van der Waals surface area contributed by atoms with E-state index in [1.54, 1.807) is 0 Å². The zero-order valence-electron chi connectivity index (χ0n) is 17.1. The van der Waals surface area contributed by atoms with Crippen molar-refractivity contribution in [3.8, 4) is 6.07 Å². The predicted molar refractivity (Wildman–Crippen MR) is 110 cm³/mol. The van der Waals surface area contributed by atoms with Crippen LogP contribution in [0.25, 0.3) is 4.85 Å². The van der Waals surface area contributed by atoms with Crippen molar-refractivity contribution in [3.63, 3.8) is 0 Å². The Hall–Kier alpha value is -3.30. The summed E-state index contributed by atoms with van der Waals surface area (Å²) in [4.78, 5) is 14.1. The molecule has 0 atom stereocenters. The molecule has 0 unspecified atom stereocenters. The van der Waals surface area contributed by atoms with Crippen LogP contribution in [0.15, 0.2) is 18.5 Å². The molecule has 0 radical (unpaired) electrons. The van der Waals surface area contributed by atoms with Crippen LogP contribution in [-0.4, -0.2) is 51.7 Å². The molecular weight excluding hydrogens is 366 g/mol. The van der Waals surface area contributed by atoms with Crippen molar-refractivity contribution in [3.05, 3.63) is 41.3 Å². The average molecular weight is 391 g/mol. The molecule has 0 spiro atoms. The van der Waals surface area contributed by atoms with E-state index in [1.165, 1.54) is 12.4 Å². The van der Waals surface area contributed by atoms with Crippen LogP contribution in [0.3, 0.4) is 0 Å². The Balaban J connectivity index is 1.76. The number of rotatable bonds is 7. The summed E-state index contributed by atoms with van der Waals surface area (Å²) in [5.41, 5.74) is 0.869. The van der Waals surface area contributed by atoms with Gasteiger partial charge in [-0.25, -0.2) is 16.5 Å². The number of anilines is 3. The topological polar surface area (TPSA) is 107 Å². The van der Waals surface area contributed by atoms with Crippen molar-refractivity contribution in [2.24, 2.45) is 5.92 Å². The first-order valence-corrected chi connectivity index (χ1v) is 9.48. The van der Waals surface area contributed by atoms with Gasteiger partial charge in [-0.15, -0.1) is 10.2 Å². The Bertz CT molecular complexity index is 932. The lowest BCUT2D eigenvalue weighted by Crippen LogP contribution is -2.42. The molecule has 1 fully saturated rings. The van der Waals surface area contributed by atoms with Gasteiger partial charge in [-0.05, 0) is 32.9 Å². The average Bonchev–Trinajstić information content (AvgIpc) is 2.67. The molecule has 1 aliphatic carbocycles. The second kappa shape index (κ2) is 8.38. The monoisotopic (exact) mass is 391 g/mol.